The van der Waals surface area contributed by atoms with Crippen LogP contribution in [0.3, 0.4) is 0 Å². The van der Waals surface area contributed by atoms with Crippen LogP contribution in [-0.4, -0.2) is 48.6 Å². The maximum absolute atomic E-state index is 4.61. The first-order valence-electron chi connectivity index (χ1n) is 8.51. The molecule has 2 aromatic rings. The van der Waals surface area contributed by atoms with Gasteiger partial charge in [0, 0.05) is 37.3 Å². The van der Waals surface area contributed by atoms with E-state index in [-0.39, 0.29) is 0 Å². The summed E-state index contributed by atoms with van der Waals surface area (Å²) in [5, 5.41) is 12.0. The molecule has 24 heavy (non-hydrogen) atoms. The maximum atomic E-state index is 4.61. The number of anilines is 1. The monoisotopic (exact) mass is 343 g/mol. The first-order chi connectivity index (χ1) is 11.8. The second kappa shape index (κ2) is 8.78. The maximum Gasteiger partial charge on any atom is 0.191 e. The summed E-state index contributed by atoms with van der Waals surface area (Å²) in [5.41, 5.74) is 1.02. The Morgan fingerprint density at radius 1 is 1.21 bits per heavy atom. The predicted octanol–water partition coefficient (Wildman–Crippen LogP) is 2.71. The van der Waals surface area contributed by atoms with Gasteiger partial charge >= 0.3 is 0 Å². The minimum Gasteiger partial charge on any atom is -0.368 e. The van der Waals surface area contributed by atoms with Crippen molar-refractivity contribution in [2.24, 2.45) is 4.99 Å². The molecule has 1 unspecified atom stereocenters. The van der Waals surface area contributed by atoms with Crippen molar-refractivity contribution in [2.75, 3.05) is 37.8 Å². The number of aromatic nitrogens is 1. The highest BCUT2D eigenvalue weighted by Crippen LogP contribution is 2.25. The molecule has 1 aromatic carbocycles. The van der Waals surface area contributed by atoms with Gasteiger partial charge < -0.3 is 16.0 Å². The quantitative estimate of drug-likeness (QED) is 0.428. The second-order valence-corrected chi connectivity index (χ2v) is 7.24. The zero-order valence-electron chi connectivity index (χ0n) is 14.1. The summed E-state index contributed by atoms with van der Waals surface area (Å²) >= 11 is 2.06. The van der Waals surface area contributed by atoms with Crippen molar-refractivity contribution in [3.05, 3.63) is 36.4 Å². The molecule has 1 aromatic heterocycles. The molecule has 1 aliphatic heterocycles. The molecule has 3 rings (SSSR count). The standard InChI is InChI=1S/C18H25N5S/c1-19-18(22-13-15-6-4-12-24-15)21-11-10-20-17-9-8-14-5-2-3-7-16(14)23-17/h2-3,5,7-9,15H,4,6,10-13H2,1H3,(H,20,23)(H2,19,21,22). The normalized spacial score (nSPS) is 17.9. The molecule has 3 N–H and O–H groups in total. The number of fused-ring (bicyclic) bond motifs is 1. The van der Waals surface area contributed by atoms with Gasteiger partial charge in [-0.15, -0.1) is 0 Å². The Labute approximate surface area is 147 Å². The van der Waals surface area contributed by atoms with Crippen molar-refractivity contribution in [3.63, 3.8) is 0 Å². The van der Waals surface area contributed by atoms with Crippen LogP contribution in [-0.2, 0) is 0 Å². The van der Waals surface area contributed by atoms with Gasteiger partial charge in [0.15, 0.2) is 5.96 Å². The molecule has 1 fully saturated rings. The van der Waals surface area contributed by atoms with Crippen molar-refractivity contribution in [1.82, 2.24) is 15.6 Å². The summed E-state index contributed by atoms with van der Waals surface area (Å²) in [6.45, 7) is 2.58. The van der Waals surface area contributed by atoms with Gasteiger partial charge in [0.1, 0.15) is 5.82 Å². The first-order valence-corrected chi connectivity index (χ1v) is 9.56. The number of aliphatic imine (C=N–C) groups is 1. The van der Waals surface area contributed by atoms with E-state index in [2.05, 4.69) is 49.8 Å². The number of hydrogen-bond acceptors (Lipinski definition) is 4. The predicted molar refractivity (Wildman–Crippen MR) is 105 cm³/mol. The highest BCUT2D eigenvalue weighted by molar-refractivity contribution is 8.00. The fourth-order valence-electron chi connectivity index (χ4n) is 2.77. The summed E-state index contributed by atoms with van der Waals surface area (Å²) in [5.74, 6) is 3.07. The Morgan fingerprint density at radius 2 is 2.12 bits per heavy atom. The van der Waals surface area contributed by atoms with Crippen LogP contribution in [0.25, 0.3) is 10.9 Å². The summed E-state index contributed by atoms with van der Waals surface area (Å²) < 4.78 is 0. The van der Waals surface area contributed by atoms with Crippen LogP contribution in [0.4, 0.5) is 5.82 Å². The van der Waals surface area contributed by atoms with Crippen molar-refractivity contribution in [2.45, 2.75) is 18.1 Å². The number of nitrogens with zero attached hydrogens (tertiary/aromatic N) is 2. The van der Waals surface area contributed by atoms with Crippen molar-refractivity contribution < 1.29 is 0 Å². The topological polar surface area (TPSA) is 61.3 Å². The van der Waals surface area contributed by atoms with Crippen molar-refractivity contribution in [1.29, 1.82) is 0 Å². The van der Waals surface area contributed by atoms with Gasteiger partial charge in [0.05, 0.1) is 5.52 Å². The smallest absolute Gasteiger partial charge is 0.191 e. The average Bonchev–Trinajstić information content (AvgIpc) is 3.14. The lowest BCUT2D eigenvalue weighted by atomic mass is 10.2. The molecule has 2 heterocycles. The largest absolute Gasteiger partial charge is 0.368 e. The molecule has 0 amide bonds. The molecule has 1 aliphatic rings. The number of guanidine groups is 1. The molecule has 0 saturated carbocycles. The highest BCUT2D eigenvalue weighted by Gasteiger charge is 2.15. The number of rotatable bonds is 6. The summed E-state index contributed by atoms with van der Waals surface area (Å²) in [6, 6.07) is 12.3. The molecular weight excluding hydrogens is 318 g/mol. The second-order valence-electron chi connectivity index (χ2n) is 5.83. The fourth-order valence-corrected chi connectivity index (χ4v) is 3.97. The third kappa shape index (κ3) is 4.77. The molecule has 0 aliphatic carbocycles. The Balaban J connectivity index is 1.40. The van der Waals surface area contributed by atoms with E-state index in [4.69, 9.17) is 0 Å². The molecule has 128 valence electrons. The van der Waals surface area contributed by atoms with E-state index < -0.39 is 0 Å². The molecule has 1 atom stereocenters. The van der Waals surface area contributed by atoms with Gasteiger partial charge in [-0.25, -0.2) is 4.98 Å². The average molecular weight is 344 g/mol. The lowest BCUT2D eigenvalue weighted by molar-refractivity contribution is 0.727. The molecule has 6 heteroatoms. The lowest BCUT2D eigenvalue weighted by Gasteiger charge is -2.15. The van der Waals surface area contributed by atoms with E-state index in [0.29, 0.717) is 0 Å². The van der Waals surface area contributed by atoms with Crippen LogP contribution in [0.2, 0.25) is 0 Å². The minimum atomic E-state index is 0.725. The van der Waals surface area contributed by atoms with Gasteiger partial charge in [-0.05, 0) is 36.8 Å². The zero-order chi connectivity index (χ0) is 16.6. The molecule has 0 bridgehead atoms. The number of para-hydroxylation sites is 1. The van der Waals surface area contributed by atoms with Crippen LogP contribution < -0.4 is 16.0 Å². The van der Waals surface area contributed by atoms with Crippen LogP contribution >= 0.6 is 11.8 Å². The summed E-state index contributed by atoms with van der Waals surface area (Å²) in [7, 11) is 1.81. The number of nitrogens with one attached hydrogen (secondary N) is 3. The Bertz CT molecular complexity index is 682. The number of thioether (sulfide) groups is 1. The Hall–Kier alpha value is -1.95. The van der Waals surface area contributed by atoms with Crippen molar-refractivity contribution >= 4 is 34.4 Å². The highest BCUT2D eigenvalue weighted by atomic mass is 32.2. The van der Waals surface area contributed by atoms with E-state index in [1.54, 1.807) is 0 Å². The van der Waals surface area contributed by atoms with E-state index in [1.165, 1.54) is 18.6 Å². The van der Waals surface area contributed by atoms with Crippen LogP contribution in [0.5, 0.6) is 0 Å². The van der Waals surface area contributed by atoms with E-state index in [1.807, 2.05) is 31.3 Å². The molecule has 0 radical (unpaired) electrons. The SMILES string of the molecule is CN=C(NCCNc1ccc2ccccc2n1)NCC1CCCS1. The Morgan fingerprint density at radius 3 is 2.96 bits per heavy atom. The summed E-state index contributed by atoms with van der Waals surface area (Å²) in [4.78, 5) is 8.89. The van der Waals surface area contributed by atoms with Gasteiger partial charge in [-0.1, -0.05) is 18.2 Å². The number of benzene rings is 1. The summed E-state index contributed by atoms with van der Waals surface area (Å²) in [6.07, 6.45) is 2.65. The Kier molecular flexibility index (Phi) is 6.18. The minimum absolute atomic E-state index is 0.725. The molecule has 5 nitrogen and oxygen atoms in total. The van der Waals surface area contributed by atoms with Gasteiger partial charge in [-0.3, -0.25) is 4.99 Å². The van der Waals surface area contributed by atoms with Crippen LogP contribution in [0.1, 0.15) is 12.8 Å². The molecule has 0 spiro atoms. The van der Waals surface area contributed by atoms with E-state index >= 15 is 0 Å². The van der Waals surface area contributed by atoms with Gasteiger partial charge in [0.2, 0.25) is 0 Å². The van der Waals surface area contributed by atoms with Gasteiger partial charge in [-0.2, -0.15) is 11.8 Å². The molecule has 1 saturated heterocycles. The third-order valence-corrected chi connectivity index (χ3v) is 5.46. The molecular formula is C18H25N5S. The number of pyridine rings is 1. The zero-order valence-corrected chi connectivity index (χ0v) is 14.9. The van der Waals surface area contributed by atoms with E-state index in [9.17, 15) is 0 Å². The first kappa shape index (κ1) is 16.9. The number of hydrogen-bond donors (Lipinski definition) is 3. The third-order valence-electron chi connectivity index (χ3n) is 4.07. The van der Waals surface area contributed by atoms with E-state index in [0.717, 1.165) is 47.6 Å². The van der Waals surface area contributed by atoms with Gasteiger partial charge in [0.25, 0.3) is 0 Å². The van der Waals surface area contributed by atoms with Crippen molar-refractivity contribution in [3.8, 4) is 0 Å². The fraction of sp³-hybridized carbons (Fsp3) is 0.444. The van der Waals surface area contributed by atoms with Crippen LogP contribution in [0, 0.1) is 0 Å². The lowest BCUT2D eigenvalue weighted by Crippen LogP contribution is -2.41. The van der Waals surface area contributed by atoms with Crippen LogP contribution in [0.15, 0.2) is 41.4 Å².